The van der Waals surface area contributed by atoms with Gasteiger partial charge in [-0.05, 0) is 37.8 Å². The molecular formula is C18H24N6O2S. The molecule has 2 aromatic heterocycles. The molecule has 2 N–H and O–H groups in total. The van der Waals surface area contributed by atoms with Gasteiger partial charge >= 0.3 is 0 Å². The van der Waals surface area contributed by atoms with Gasteiger partial charge in [0.1, 0.15) is 0 Å². The highest BCUT2D eigenvalue weighted by Gasteiger charge is 2.33. The van der Waals surface area contributed by atoms with E-state index >= 15 is 0 Å². The molecule has 2 aliphatic rings. The second-order valence-electron chi connectivity index (χ2n) is 7.24. The van der Waals surface area contributed by atoms with Crippen LogP contribution in [0, 0.1) is 11.8 Å². The van der Waals surface area contributed by atoms with E-state index in [1.54, 1.807) is 11.3 Å². The van der Waals surface area contributed by atoms with E-state index in [0.717, 1.165) is 29.6 Å². The maximum Gasteiger partial charge on any atom is 0.227 e. The minimum atomic E-state index is -0.249. The summed E-state index contributed by atoms with van der Waals surface area (Å²) < 4.78 is 1.94. The Bertz CT molecular complexity index is 797. The number of aromatic nitrogens is 3. The van der Waals surface area contributed by atoms with Gasteiger partial charge in [0.15, 0.2) is 0 Å². The number of nitrogens with two attached hydrogens (primary N) is 1. The van der Waals surface area contributed by atoms with Gasteiger partial charge in [0.25, 0.3) is 0 Å². The molecule has 2 fully saturated rings. The van der Waals surface area contributed by atoms with Crippen LogP contribution < -0.4 is 10.6 Å². The molecule has 2 aromatic rings. The zero-order chi connectivity index (χ0) is 18.8. The number of rotatable bonds is 4. The average Bonchev–Trinajstić information content (AvgIpc) is 3.39. The van der Waals surface area contributed by atoms with Crippen LogP contribution in [-0.4, -0.2) is 57.7 Å². The Hall–Kier alpha value is -2.42. The van der Waals surface area contributed by atoms with Crippen LogP contribution >= 0.6 is 11.3 Å². The lowest BCUT2D eigenvalue weighted by atomic mass is 9.92. The van der Waals surface area contributed by atoms with Crippen molar-refractivity contribution in [1.82, 2.24) is 19.7 Å². The van der Waals surface area contributed by atoms with Crippen molar-refractivity contribution < 1.29 is 9.59 Å². The van der Waals surface area contributed by atoms with E-state index in [9.17, 15) is 9.59 Å². The molecule has 0 radical (unpaired) electrons. The van der Waals surface area contributed by atoms with E-state index in [4.69, 9.17) is 5.73 Å². The van der Waals surface area contributed by atoms with Crippen molar-refractivity contribution in [3.63, 3.8) is 0 Å². The quantitative estimate of drug-likeness (QED) is 0.851. The van der Waals surface area contributed by atoms with Crippen molar-refractivity contribution in [2.24, 2.45) is 17.6 Å². The molecule has 0 bridgehead atoms. The minimum Gasteiger partial charge on any atom is -0.369 e. The summed E-state index contributed by atoms with van der Waals surface area (Å²) in [5, 5.41) is 10.3. The maximum absolute atomic E-state index is 12.9. The Morgan fingerprint density at radius 2 is 1.70 bits per heavy atom. The number of carbonyl (C=O) groups excluding carboxylic acids is 2. The molecule has 8 nitrogen and oxygen atoms in total. The minimum absolute atomic E-state index is 0.0252. The van der Waals surface area contributed by atoms with Gasteiger partial charge in [0, 0.05) is 44.5 Å². The Kier molecular flexibility index (Phi) is 5.11. The molecule has 0 aliphatic carbocycles. The fraction of sp³-hybridized carbons (Fsp3) is 0.556. The summed E-state index contributed by atoms with van der Waals surface area (Å²) in [5.74, 6) is -0.174. The van der Waals surface area contributed by atoms with Gasteiger partial charge in [-0.25, -0.2) is 0 Å². The maximum atomic E-state index is 12.9. The fourth-order valence-corrected chi connectivity index (χ4v) is 4.75. The van der Waals surface area contributed by atoms with Gasteiger partial charge in [-0.3, -0.25) is 14.2 Å². The van der Waals surface area contributed by atoms with E-state index in [1.165, 1.54) is 0 Å². The van der Waals surface area contributed by atoms with Gasteiger partial charge in [0.2, 0.25) is 22.1 Å². The van der Waals surface area contributed by atoms with Crippen LogP contribution in [0.25, 0.3) is 5.13 Å². The van der Waals surface area contributed by atoms with Gasteiger partial charge in [-0.2, -0.15) is 0 Å². The highest BCUT2D eigenvalue weighted by molar-refractivity contribution is 7.17. The van der Waals surface area contributed by atoms with E-state index < -0.39 is 0 Å². The van der Waals surface area contributed by atoms with Gasteiger partial charge < -0.3 is 15.5 Å². The van der Waals surface area contributed by atoms with Crippen LogP contribution in [0.2, 0.25) is 0 Å². The molecule has 1 atom stereocenters. The SMILES string of the molecule is NC(=O)C1CCN(C(=O)C2CCCN(c3nnc(-n4cccc4)s3)C2)CC1. The summed E-state index contributed by atoms with van der Waals surface area (Å²) in [6.45, 7) is 2.82. The summed E-state index contributed by atoms with van der Waals surface area (Å²) in [5.41, 5.74) is 5.39. The summed E-state index contributed by atoms with van der Waals surface area (Å²) in [6, 6.07) is 3.91. The van der Waals surface area contributed by atoms with E-state index in [-0.39, 0.29) is 23.7 Å². The second kappa shape index (κ2) is 7.67. The number of carbonyl (C=O) groups is 2. The molecular weight excluding hydrogens is 364 g/mol. The lowest BCUT2D eigenvalue weighted by Gasteiger charge is -2.37. The average molecular weight is 388 g/mol. The van der Waals surface area contributed by atoms with Crippen LogP contribution in [0.5, 0.6) is 0 Å². The number of nitrogens with zero attached hydrogens (tertiary/aromatic N) is 5. The van der Waals surface area contributed by atoms with Crippen molar-refractivity contribution in [2.75, 3.05) is 31.1 Å². The van der Waals surface area contributed by atoms with Gasteiger partial charge in [0.05, 0.1) is 5.92 Å². The van der Waals surface area contributed by atoms with Crippen LogP contribution in [0.4, 0.5) is 5.13 Å². The Morgan fingerprint density at radius 3 is 2.41 bits per heavy atom. The second-order valence-corrected chi connectivity index (χ2v) is 8.18. The van der Waals surface area contributed by atoms with E-state index in [0.29, 0.717) is 32.5 Å². The predicted molar refractivity (Wildman–Crippen MR) is 103 cm³/mol. The molecule has 2 amide bonds. The first-order valence-electron chi connectivity index (χ1n) is 9.41. The molecule has 4 rings (SSSR count). The van der Waals surface area contributed by atoms with Gasteiger partial charge in [-0.15, -0.1) is 10.2 Å². The number of amides is 2. The molecule has 27 heavy (non-hydrogen) atoms. The number of piperidine rings is 2. The van der Waals surface area contributed by atoms with E-state index in [1.807, 2.05) is 34.0 Å². The predicted octanol–water partition coefficient (Wildman–Crippen LogP) is 1.27. The Morgan fingerprint density at radius 1 is 1.00 bits per heavy atom. The lowest BCUT2D eigenvalue weighted by Crippen LogP contribution is -2.48. The fourth-order valence-electron chi connectivity index (χ4n) is 3.90. The zero-order valence-electron chi connectivity index (χ0n) is 15.2. The normalized spacial score (nSPS) is 21.4. The largest absolute Gasteiger partial charge is 0.369 e. The molecule has 4 heterocycles. The van der Waals surface area contributed by atoms with Crippen molar-refractivity contribution in [2.45, 2.75) is 25.7 Å². The molecule has 0 aromatic carbocycles. The topological polar surface area (TPSA) is 97.3 Å². The molecule has 144 valence electrons. The molecule has 0 spiro atoms. The molecule has 2 aliphatic heterocycles. The number of hydrogen-bond donors (Lipinski definition) is 1. The van der Waals surface area contributed by atoms with Crippen molar-refractivity contribution >= 4 is 28.3 Å². The molecule has 9 heteroatoms. The summed E-state index contributed by atoms with van der Waals surface area (Å²) >= 11 is 1.54. The smallest absolute Gasteiger partial charge is 0.227 e. The van der Waals surface area contributed by atoms with Crippen molar-refractivity contribution in [3.05, 3.63) is 24.5 Å². The summed E-state index contributed by atoms with van der Waals surface area (Å²) in [4.78, 5) is 28.3. The van der Waals surface area contributed by atoms with Crippen LogP contribution in [0.15, 0.2) is 24.5 Å². The number of hydrogen-bond acceptors (Lipinski definition) is 6. The monoisotopic (exact) mass is 388 g/mol. The first-order valence-corrected chi connectivity index (χ1v) is 10.2. The third-order valence-electron chi connectivity index (χ3n) is 5.48. The van der Waals surface area contributed by atoms with Crippen LogP contribution in [-0.2, 0) is 9.59 Å². The standard InChI is InChI=1S/C18H24N6O2S/c19-15(25)13-5-10-22(11-6-13)16(26)14-4-3-9-24(12-14)18-21-20-17(27-18)23-7-1-2-8-23/h1-2,7-8,13-14H,3-6,9-12H2,(H2,19,25). The highest BCUT2D eigenvalue weighted by atomic mass is 32.1. The first kappa shape index (κ1) is 18.0. The molecule has 1 unspecified atom stereocenters. The van der Waals surface area contributed by atoms with Crippen LogP contribution in [0.1, 0.15) is 25.7 Å². The third-order valence-corrected chi connectivity index (χ3v) is 6.48. The van der Waals surface area contributed by atoms with Crippen molar-refractivity contribution in [1.29, 1.82) is 0 Å². The zero-order valence-corrected chi connectivity index (χ0v) is 16.0. The Labute approximate surface area is 162 Å². The lowest BCUT2D eigenvalue weighted by molar-refractivity contribution is -0.138. The van der Waals surface area contributed by atoms with E-state index in [2.05, 4.69) is 15.1 Å². The highest BCUT2D eigenvalue weighted by Crippen LogP contribution is 2.29. The molecule has 0 saturated carbocycles. The third kappa shape index (κ3) is 3.83. The summed E-state index contributed by atoms with van der Waals surface area (Å²) in [6.07, 6.45) is 7.11. The number of primary amides is 1. The molecule has 2 saturated heterocycles. The van der Waals surface area contributed by atoms with Crippen LogP contribution in [0.3, 0.4) is 0 Å². The van der Waals surface area contributed by atoms with Crippen molar-refractivity contribution in [3.8, 4) is 5.13 Å². The Balaban J connectivity index is 1.38. The number of anilines is 1. The van der Waals surface area contributed by atoms with Gasteiger partial charge in [-0.1, -0.05) is 11.3 Å². The number of likely N-dealkylation sites (tertiary alicyclic amines) is 1. The summed E-state index contributed by atoms with van der Waals surface area (Å²) in [7, 11) is 0. The first-order chi connectivity index (χ1) is 13.1.